The highest BCUT2D eigenvalue weighted by molar-refractivity contribution is 8.18. The summed E-state index contributed by atoms with van der Waals surface area (Å²) >= 11 is 1.30. The van der Waals surface area contributed by atoms with Gasteiger partial charge in [0.05, 0.1) is 25.2 Å². The molecule has 0 radical (unpaired) electrons. The summed E-state index contributed by atoms with van der Waals surface area (Å²) in [6, 6.07) is 9.10. The van der Waals surface area contributed by atoms with Gasteiger partial charge in [0.1, 0.15) is 5.75 Å². The minimum Gasteiger partial charge on any atom is -0.508 e. The lowest BCUT2D eigenvalue weighted by Gasteiger charge is -2.27. The van der Waals surface area contributed by atoms with E-state index in [1.54, 1.807) is 18.2 Å². The van der Waals surface area contributed by atoms with E-state index in [2.05, 4.69) is 24.9 Å². The number of amides is 1. The van der Waals surface area contributed by atoms with Crippen molar-refractivity contribution in [2.45, 2.75) is 25.7 Å². The Morgan fingerprint density at radius 3 is 2.57 bits per heavy atom. The number of hydrogen-bond acceptors (Lipinski definition) is 7. The van der Waals surface area contributed by atoms with Crippen LogP contribution in [0, 0.1) is 0 Å². The molecule has 0 spiro atoms. The molecule has 2 aromatic carbocycles. The number of phenols is 2. The van der Waals surface area contributed by atoms with Gasteiger partial charge >= 0.3 is 0 Å². The van der Waals surface area contributed by atoms with Gasteiger partial charge in [0.25, 0.3) is 5.91 Å². The van der Waals surface area contributed by atoms with Crippen LogP contribution in [0.15, 0.2) is 51.9 Å². The van der Waals surface area contributed by atoms with E-state index in [1.807, 2.05) is 23.1 Å². The Balaban J connectivity index is 1.50. The fourth-order valence-corrected chi connectivity index (χ4v) is 5.40. The summed E-state index contributed by atoms with van der Waals surface area (Å²) in [5, 5.41) is 22.1. The Bertz CT molecular complexity index is 1290. The van der Waals surface area contributed by atoms with Crippen molar-refractivity contribution < 1.29 is 24.5 Å². The molecule has 0 atom stereocenters. The summed E-state index contributed by atoms with van der Waals surface area (Å²) in [6.45, 7) is 6.81. The second-order valence-electron chi connectivity index (χ2n) is 9.32. The molecule has 0 saturated carbocycles. The number of allylic oxidation sites excluding steroid dienone is 2. The van der Waals surface area contributed by atoms with E-state index in [0.717, 1.165) is 23.1 Å². The van der Waals surface area contributed by atoms with Crippen LogP contribution < -0.4 is 4.74 Å². The van der Waals surface area contributed by atoms with Crippen LogP contribution in [0.3, 0.4) is 0 Å². The molecule has 2 N–H and O–H groups in total. The second kappa shape index (κ2) is 9.09. The van der Waals surface area contributed by atoms with Crippen LogP contribution in [0.5, 0.6) is 17.2 Å². The van der Waals surface area contributed by atoms with Gasteiger partial charge in [0, 0.05) is 29.6 Å². The zero-order valence-corrected chi connectivity index (χ0v) is 20.8. The molecule has 1 aliphatic carbocycles. The maximum atomic E-state index is 12.6. The van der Waals surface area contributed by atoms with Crippen LogP contribution in [0.4, 0.5) is 0 Å². The zero-order chi connectivity index (χ0) is 24.7. The van der Waals surface area contributed by atoms with Gasteiger partial charge in [-0.25, -0.2) is 0 Å². The van der Waals surface area contributed by atoms with Crippen LogP contribution >= 0.6 is 11.8 Å². The van der Waals surface area contributed by atoms with E-state index < -0.39 is 0 Å². The average molecular weight is 493 g/mol. The monoisotopic (exact) mass is 492 g/mol. The van der Waals surface area contributed by atoms with E-state index in [4.69, 9.17) is 9.47 Å². The summed E-state index contributed by atoms with van der Waals surface area (Å²) < 4.78 is 10.8. The van der Waals surface area contributed by atoms with Crippen molar-refractivity contribution in [2.24, 2.45) is 4.99 Å². The quantitative estimate of drug-likeness (QED) is 0.462. The van der Waals surface area contributed by atoms with Gasteiger partial charge in [-0.3, -0.25) is 4.79 Å². The number of ether oxygens (including phenoxy) is 2. The van der Waals surface area contributed by atoms with Crippen LogP contribution in [0.1, 0.15) is 31.4 Å². The Morgan fingerprint density at radius 1 is 1.14 bits per heavy atom. The number of hydrogen-bond donors (Lipinski definition) is 2. The minimum atomic E-state index is -0.327. The highest BCUT2D eigenvalue weighted by Gasteiger charge is 2.33. The number of rotatable bonds is 5. The van der Waals surface area contributed by atoms with E-state index in [9.17, 15) is 15.0 Å². The first kappa shape index (κ1) is 23.5. The molecule has 2 heterocycles. The maximum Gasteiger partial charge on any atom is 0.286 e. The zero-order valence-electron chi connectivity index (χ0n) is 20.0. The molecule has 0 aromatic heterocycles. The summed E-state index contributed by atoms with van der Waals surface area (Å²) in [4.78, 5) is 19.3. The maximum absolute atomic E-state index is 12.6. The molecule has 182 valence electrons. The first-order valence-corrected chi connectivity index (χ1v) is 12.4. The van der Waals surface area contributed by atoms with Crippen LogP contribution in [0.2, 0.25) is 0 Å². The number of aliphatic imine (C=N–C) groups is 1. The Morgan fingerprint density at radius 2 is 1.89 bits per heavy atom. The molecule has 0 bridgehead atoms. The van der Waals surface area contributed by atoms with Crippen molar-refractivity contribution in [1.29, 1.82) is 0 Å². The van der Waals surface area contributed by atoms with E-state index in [1.165, 1.54) is 24.4 Å². The lowest BCUT2D eigenvalue weighted by molar-refractivity contribution is -0.113. The SMILES string of the molecule is COc1cc(-c2ccc(O)c(C(C)(C)C3=CC3)c2)cc(/C=C2\SC(N3CCOCC3)=NC2=O)c1O. The van der Waals surface area contributed by atoms with Crippen LogP contribution in [-0.2, 0) is 14.9 Å². The number of aromatic hydroxyl groups is 2. The fourth-order valence-electron chi connectivity index (χ4n) is 4.44. The van der Waals surface area contributed by atoms with Crippen molar-refractivity contribution >= 4 is 28.9 Å². The standard InChI is InChI=1S/C27H28N2O5S/c1-27(2,19-5-6-19)20-13-16(4-7-21(20)30)17-12-18(24(31)22(14-17)33-3)15-23-25(32)28-26(35-23)29-8-10-34-11-9-29/h4-5,7,12-15,30-31H,6,8-11H2,1-3H3/b23-15-. The molecule has 2 aliphatic heterocycles. The third-order valence-electron chi connectivity index (χ3n) is 6.72. The molecule has 7 nitrogen and oxygen atoms in total. The average Bonchev–Trinajstić information content (AvgIpc) is 3.66. The normalized spacial score (nSPS) is 19.1. The van der Waals surface area contributed by atoms with Gasteiger partial charge in [-0.05, 0) is 59.7 Å². The summed E-state index contributed by atoms with van der Waals surface area (Å²) in [5.74, 6) is 0.185. The number of benzene rings is 2. The van der Waals surface area contributed by atoms with Gasteiger partial charge in [0.2, 0.25) is 0 Å². The van der Waals surface area contributed by atoms with Crippen LogP contribution in [0.25, 0.3) is 17.2 Å². The third-order valence-corrected chi connectivity index (χ3v) is 7.76. The molecule has 0 unspecified atom stereocenters. The van der Waals surface area contributed by atoms with Crippen molar-refractivity contribution in [3.63, 3.8) is 0 Å². The molecule has 35 heavy (non-hydrogen) atoms. The topological polar surface area (TPSA) is 91.6 Å². The van der Waals surface area contributed by atoms with E-state index >= 15 is 0 Å². The van der Waals surface area contributed by atoms with Gasteiger partial charge < -0.3 is 24.6 Å². The smallest absolute Gasteiger partial charge is 0.286 e. The number of morpholine rings is 1. The predicted octanol–water partition coefficient (Wildman–Crippen LogP) is 4.68. The molecule has 5 rings (SSSR count). The van der Waals surface area contributed by atoms with E-state index in [-0.39, 0.29) is 22.8 Å². The Hall–Kier alpha value is -3.23. The molecule has 1 saturated heterocycles. The van der Waals surface area contributed by atoms with Crippen molar-refractivity contribution in [2.75, 3.05) is 33.4 Å². The largest absolute Gasteiger partial charge is 0.508 e. The number of nitrogens with zero attached hydrogens (tertiary/aromatic N) is 2. The summed E-state index contributed by atoms with van der Waals surface area (Å²) in [5.41, 5.74) is 4.01. The van der Waals surface area contributed by atoms with Gasteiger partial charge in [0.15, 0.2) is 16.7 Å². The number of phenolic OH excluding ortho intramolecular Hbond substituents is 2. The second-order valence-corrected chi connectivity index (χ2v) is 10.3. The third kappa shape index (κ3) is 4.56. The molecular weight excluding hydrogens is 464 g/mol. The number of amidine groups is 1. The fraction of sp³-hybridized carbons (Fsp3) is 0.333. The van der Waals surface area contributed by atoms with Gasteiger partial charge in [-0.2, -0.15) is 4.99 Å². The molecule has 8 heteroatoms. The highest BCUT2D eigenvalue weighted by Crippen LogP contribution is 2.46. The molecule has 1 amide bonds. The number of carbonyl (C=O) groups is 1. The van der Waals surface area contributed by atoms with E-state index in [0.29, 0.717) is 47.7 Å². The number of methoxy groups -OCH3 is 1. The minimum absolute atomic E-state index is 0.0422. The van der Waals surface area contributed by atoms with Crippen molar-refractivity contribution in [3.05, 3.63) is 58.0 Å². The lowest BCUT2D eigenvalue weighted by atomic mass is 9.80. The molecule has 3 aliphatic rings. The molecule has 2 aromatic rings. The number of thioether (sulfide) groups is 1. The first-order chi connectivity index (χ1) is 16.8. The Labute approximate surface area is 208 Å². The summed E-state index contributed by atoms with van der Waals surface area (Å²) in [7, 11) is 1.50. The Kier molecular flexibility index (Phi) is 6.11. The number of carbonyl (C=O) groups excluding carboxylic acids is 1. The lowest BCUT2D eigenvalue weighted by Crippen LogP contribution is -2.38. The van der Waals surface area contributed by atoms with Crippen LogP contribution in [-0.4, -0.2) is 59.6 Å². The molecular formula is C27H28N2O5S. The van der Waals surface area contributed by atoms with Gasteiger partial charge in [-0.15, -0.1) is 0 Å². The molecule has 1 fully saturated rings. The summed E-state index contributed by atoms with van der Waals surface area (Å²) in [6.07, 6.45) is 4.79. The van der Waals surface area contributed by atoms with Crippen molar-refractivity contribution in [1.82, 2.24) is 4.90 Å². The van der Waals surface area contributed by atoms with Crippen molar-refractivity contribution in [3.8, 4) is 28.4 Å². The predicted molar refractivity (Wildman–Crippen MR) is 138 cm³/mol. The highest BCUT2D eigenvalue weighted by atomic mass is 32.2. The van der Waals surface area contributed by atoms with Gasteiger partial charge in [-0.1, -0.05) is 31.6 Å². The first-order valence-electron chi connectivity index (χ1n) is 11.6.